The zero-order valence-corrected chi connectivity index (χ0v) is 15.9. The Balaban J connectivity index is 1.50. The molecule has 0 saturated carbocycles. The van der Waals surface area contributed by atoms with Crippen molar-refractivity contribution in [1.82, 2.24) is 9.47 Å². The first-order valence-corrected chi connectivity index (χ1v) is 9.50. The molecule has 4 heterocycles. The molecule has 0 aliphatic carbocycles. The first-order valence-electron chi connectivity index (χ1n) is 9.50. The predicted molar refractivity (Wildman–Crippen MR) is 101 cm³/mol. The monoisotopic (exact) mass is 382 g/mol. The Morgan fingerprint density at radius 3 is 2.68 bits per heavy atom. The molecule has 1 fully saturated rings. The van der Waals surface area contributed by atoms with Gasteiger partial charge < -0.3 is 18.8 Å². The summed E-state index contributed by atoms with van der Waals surface area (Å²) in [5.41, 5.74) is 2.40. The van der Waals surface area contributed by atoms with Crippen LogP contribution in [0.1, 0.15) is 40.2 Å². The summed E-state index contributed by atoms with van der Waals surface area (Å²) in [6.45, 7) is 2.23. The van der Waals surface area contributed by atoms with E-state index in [9.17, 15) is 9.59 Å². The molecule has 28 heavy (non-hydrogen) atoms. The van der Waals surface area contributed by atoms with E-state index < -0.39 is 6.23 Å². The summed E-state index contributed by atoms with van der Waals surface area (Å²) in [6, 6.07) is 9.18. The smallest absolute Gasteiger partial charge is 0.344 e. The van der Waals surface area contributed by atoms with Gasteiger partial charge in [0.05, 0.1) is 14.2 Å². The van der Waals surface area contributed by atoms with Crippen molar-refractivity contribution < 1.29 is 19.0 Å². The molecular formula is C21H22N2O5. The summed E-state index contributed by atoms with van der Waals surface area (Å²) in [7, 11) is 3.08. The molecule has 1 saturated heterocycles. The van der Waals surface area contributed by atoms with Crippen LogP contribution in [0.15, 0.2) is 35.1 Å². The Hall–Kier alpha value is -2.80. The number of carbonyl (C=O) groups is 1. The van der Waals surface area contributed by atoms with Crippen LogP contribution < -0.4 is 15.0 Å². The van der Waals surface area contributed by atoms with Gasteiger partial charge in [0, 0.05) is 42.9 Å². The van der Waals surface area contributed by atoms with Gasteiger partial charge in [-0.2, -0.15) is 0 Å². The number of likely N-dealkylation sites (tertiary alicyclic amines) is 1. The molecule has 3 aliphatic heterocycles. The summed E-state index contributed by atoms with van der Waals surface area (Å²) in [4.78, 5) is 27.1. The van der Waals surface area contributed by atoms with Gasteiger partial charge in [0.15, 0.2) is 17.7 Å². The van der Waals surface area contributed by atoms with E-state index in [-0.39, 0.29) is 17.4 Å². The minimum atomic E-state index is -0.436. The zero-order valence-electron chi connectivity index (χ0n) is 15.9. The lowest BCUT2D eigenvalue weighted by molar-refractivity contribution is -0.0490. The zero-order chi connectivity index (χ0) is 19.4. The van der Waals surface area contributed by atoms with E-state index in [2.05, 4.69) is 4.90 Å². The van der Waals surface area contributed by atoms with Crippen molar-refractivity contribution in [3.8, 4) is 11.5 Å². The van der Waals surface area contributed by atoms with Crippen molar-refractivity contribution in [2.45, 2.75) is 25.1 Å². The fourth-order valence-corrected chi connectivity index (χ4v) is 4.98. The van der Waals surface area contributed by atoms with Gasteiger partial charge in [-0.3, -0.25) is 9.69 Å². The number of piperidine rings is 1. The summed E-state index contributed by atoms with van der Waals surface area (Å²) < 4.78 is 18.4. The molecule has 146 valence electrons. The first kappa shape index (κ1) is 17.3. The minimum Gasteiger partial charge on any atom is -0.493 e. The highest BCUT2D eigenvalue weighted by Gasteiger charge is 2.43. The molecule has 0 unspecified atom stereocenters. The van der Waals surface area contributed by atoms with E-state index in [1.54, 1.807) is 13.2 Å². The first-order chi connectivity index (χ1) is 13.6. The highest BCUT2D eigenvalue weighted by Crippen LogP contribution is 2.46. The molecular weight excluding hydrogens is 360 g/mol. The third kappa shape index (κ3) is 2.46. The number of nitrogens with zero attached hydrogens (tertiary/aromatic N) is 2. The Bertz CT molecular complexity index is 1010. The average molecular weight is 382 g/mol. The second-order valence-corrected chi connectivity index (χ2v) is 7.68. The number of benzene rings is 1. The highest BCUT2D eigenvalue weighted by atomic mass is 16.6. The minimum absolute atomic E-state index is 0.0649. The molecule has 0 amide bonds. The summed E-state index contributed by atoms with van der Waals surface area (Å²) >= 11 is 0. The largest absolute Gasteiger partial charge is 0.493 e. The van der Waals surface area contributed by atoms with Crippen LogP contribution in [0, 0.1) is 5.92 Å². The molecule has 2 aromatic rings. The van der Waals surface area contributed by atoms with E-state index in [0.717, 1.165) is 30.8 Å². The van der Waals surface area contributed by atoms with E-state index in [4.69, 9.17) is 14.2 Å². The van der Waals surface area contributed by atoms with Gasteiger partial charge in [-0.15, -0.1) is 0 Å². The highest BCUT2D eigenvalue weighted by molar-refractivity contribution is 5.98. The summed E-state index contributed by atoms with van der Waals surface area (Å²) in [6.07, 6.45) is 0.619. The van der Waals surface area contributed by atoms with Crippen LogP contribution in [-0.4, -0.2) is 42.7 Å². The molecule has 0 spiro atoms. The maximum atomic E-state index is 12.6. The van der Waals surface area contributed by atoms with Gasteiger partial charge in [0.2, 0.25) is 0 Å². The van der Waals surface area contributed by atoms with Gasteiger partial charge in [-0.05, 0) is 30.5 Å². The number of carbonyl (C=O) groups excluding carboxylic acids is 1. The fraction of sp³-hybridized carbons (Fsp3) is 0.429. The number of pyridine rings is 1. The van der Waals surface area contributed by atoms with Crippen molar-refractivity contribution in [2.75, 3.05) is 27.3 Å². The van der Waals surface area contributed by atoms with Gasteiger partial charge in [0.1, 0.15) is 5.56 Å². The van der Waals surface area contributed by atoms with Crippen LogP contribution >= 0.6 is 0 Å². The van der Waals surface area contributed by atoms with Gasteiger partial charge in [0.25, 0.3) is 5.56 Å². The number of methoxy groups -OCH3 is 2. The number of esters is 1. The molecule has 0 N–H and O–H groups in total. The van der Waals surface area contributed by atoms with Crippen molar-refractivity contribution >= 4 is 5.97 Å². The van der Waals surface area contributed by atoms with Gasteiger partial charge in [-0.1, -0.05) is 6.07 Å². The van der Waals surface area contributed by atoms with Crippen molar-refractivity contribution in [2.24, 2.45) is 5.92 Å². The number of fused-ring (bicyclic) bond motifs is 5. The topological polar surface area (TPSA) is 70.0 Å². The fourth-order valence-electron chi connectivity index (χ4n) is 4.98. The van der Waals surface area contributed by atoms with Gasteiger partial charge >= 0.3 is 5.97 Å². The standard InChI is InChI=1S/C21H22N2O5/c1-26-16-7-6-14-18(19(16)27-2)21(25)28-20(14)22-9-12-8-13(11-22)15-4-3-5-17(24)23(15)10-12/h3-7,12-13,20H,8-11H2,1-2H3/t12-,13-,20-/m0/s1. The van der Waals surface area contributed by atoms with Crippen LogP contribution in [0.2, 0.25) is 0 Å². The van der Waals surface area contributed by atoms with Crippen molar-refractivity contribution in [1.29, 1.82) is 0 Å². The third-order valence-corrected chi connectivity index (χ3v) is 6.11. The summed E-state index contributed by atoms with van der Waals surface area (Å²) in [5.74, 6) is 1.16. The van der Waals surface area contributed by atoms with Crippen LogP contribution in [0.4, 0.5) is 0 Å². The maximum absolute atomic E-state index is 12.6. The average Bonchev–Trinajstić information content (AvgIpc) is 3.05. The van der Waals surface area contributed by atoms with Crippen LogP contribution in [0.3, 0.4) is 0 Å². The molecule has 7 heteroatoms. The molecule has 3 aliphatic rings. The Morgan fingerprint density at radius 2 is 1.89 bits per heavy atom. The lowest BCUT2D eigenvalue weighted by Gasteiger charge is -2.44. The van der Waals surface area contributed by atoms with E-state index in [1.807, 2.05) is 28.8 Å². The predicted octanol–water partition coefficient (Wildman–Crippen LogP) is 2.15. The van der Waals surface area contributed by atoms with E-state index >= 15 is 0 Å². The number of hydrogen-bond donors (Lipinski definition) is 0. The normalized spacial score (nSPS) is 25.6. The Morgan fingerprint density at radius 1 is 1.04 bits per heavy atom. The Labute approximate surface area is 162 Å². The van der Waals surface area contributed by atoms with Gasteiger partial charge in [-0.25, -0.2) is 4.79 Å². The quantitative estimate of drug-likeness (QED) is 0.758. The number of rotatable bonds is 3. The molecule has 5 rings (SSSR count). The van der Waals surface area contributed by atoms with E-state index in [1.165, 1.54) is 7.11 Å². The SMILES string of the molecule is COc1ccc2c(c1OC)C(=O)O[C@@H]2N1C[C@@H]2C[C@@H](C1)c1cccc(=O)n1C2. The third-order valence-electron chi connectivity index (χ3n) is 6.11. The maximum Gasteiger partial charge on any atom is 0.344 e. The van der Waals surface area contributed by atoms with E-state index in [0.29, 0.717) is 29.5 Å². The van der Waals surface area contributed by atoms with Crippen LogP contribution in [0.25, 0.3) is 0 Å². The molecule has 3 atom stereocenters. The Kier molecular flexibility index (Phi) is 3.94. The lowest BCUT2D eigenvalue weighted by atomic mass is 9.83. The summed E-state index contributed by atoms with van der Waals surface area (Å²) in [5, 5.41) is 0. The lowest BCUT2D eigenvalue weighted by Crippen LogP contribution is -2.48. The number of hydrogen-bond acceptors (Lipinski definition) is 6. The number of ether oxygens (including phenoxy) is 3. The molecule has 1 aromatic carbocycles. The number of cyclic esters (lactones) is 1. The molecule has 1 aromatic heterocycles. The molecule has 7 nitrogen and oxygen atoms in total. The second-order valence-electron chi connectivity index (χ2n) is 7.68. The van der Waals surface area contributed by atoms with Crippen LogP contribution in [-0.2, 0) is 11.3 Å². The van der Waals surface area contributed by atoms with Crippen LogP contribution in [0.5, 0.6) is 11.5 Å². The van der Waals surface area contributed by atoms with Crippen molar-refractivity contribution in [3.05, 3.63) is 57.5 Å². The van der Waals surface area contributed by atoms with Crippen molar-refractivity contribution in [3.63, 3.8) is 0 Å². The molecule has 0 radical (unpaired) electrons. The molecule has 2 bridgehead atoms. The second kappa shape index (κ2) is 6.38. The number of aromatic nitrogens is 1.